The number of hydrogen-bond acceptors (Lipinski definition) is 5. The molecule has 1 amide bonds. The molecule has 2 N–H and O–H groups in total. The van der Waals surface area contributed by atoms with E-state index in [0.29, 0.717) is 6.61 Å². The molecule has 0 saturated carbocycles. The molecular weight excluding hydrogens is 226 g/mol. The van der Waals surface area contributed by atoms with Crippen LogP contribution < -0.4 is 5.73 Å². The number of epoxide rings is 1. The molecule has 2 saturated heterocycles. The Hall–Kier alpha value is -0.850. The molecule has 0 bridgehead atoms. The van der Waals surface area contributed by atoms with E-state index in [1.54, 1.807) is 0 Å². The fourth-order valence-corrected chi connectivity index (χ4v) is 2.01. The van der Waals surface area contributed by atoms with E-state index < -0.39 is 6.09 Å². The van der Waals surface area contributed by atoms with Gasteiger partial charge >= 0.3 is 6.09 Å². The van der Waals surface area contributed by atoms with Crippen LogP contribution in [0.5, 0.6) is 0 Å². The average molecular weight is 245 g/mol. The Morgan fingerprint density at radius 1 is 1.53 bits per heavy atom. The molecule has 0 spiro atoms. The van der Waals surface area contributed by atoms with Gasteiger partial charge in [0.05, 0.1) is 12.2 Å². The minimum atomic E-state index is -0.807. The molecule has 2 aliphatic rings. The van der Waals surface area contributed by atoms with Gasteiger partial charge in [-0.25, -0.2) is 4.79 Å². The summed E-state index contributed by atoms with van der Waals surface area (Å²) in [6, 6.07) is 0. The zero-order chi connectivity index (χ0) is 12.6. The molecule has 2 rings (SSSR count). The SMILES string of the molecule is CC(C)(C)O[C@@H](COC(N)=O)[C@H]1OC[C@@H]2O[C@H]12. The van der Waals surface area contributed by atoms with Crippen molar-refractivity contribution >= 4 is 6.09 Å². The summed E-state index contributed by atoms with van der Waals surface area (Å²) in [6.45, 7) is 6.47. The van der Waals surface area contributed by atoms with E-state index in [-0.39, 0.29) is 36.6 Å². The van der Waals surface area contributed by atoms with E-state index >= 15 is 0 Å². The lowest BCUT2D eigenvalue weighted by molar-refractivity contribution is -0.146. The van der Waals surface area contributed by atoms with Gasteiger partial charge in [-0.2, -0.15) is 0 Å². The highest BCUT2D eigenvalue weighted by Crippen LogP contribution is 2.37. The molecule has 6 heteroatoms. The van der Waals surface area contributed by atoms with Gasteiger partial charge in [0.25, 0.3) is 0 Å². The van der Waals surface area contributed by atoms with Gasteiger partial charge in [-0.3, -0.25) is 0 Å². The molecule has 0 aromatic rings. The third kappa shape index (κ3) is 3.31. The molecule has 0 aromatic heterocycles. The Balaban J connectivity index is 1.93. The first-order chi connectivity index (χ1) is 7.87. The van der Waals surface area contributed by atoms with E-state index in [1.807, 2.05) is 20.8 Å². The summed E-state index contributed by atoms with van der Waals surface area (Å²) in [7, 11) is 0. The van der Waals surface area contributed by atoms with E-state index in [0.717, 1.165) is 0 Å². The predicted molar refractivity (Wildman–Crippen MR) is 58.6 cm³/mol. The van der Waals surface area contributed by atoms with Gasteiger partial charge in [-0.05, 0) is 20.8 Å². The maximum Gasteiger partial charge on any atom is 0.404 e. The van der Waals surface area contributed by atoms with Crippen LogP contribution in [0.1, 0.15) is 20.8 Å². The zero-order valence-corrected chi connectivity index (χ0v) is 10.3. The van der Waals surface area contributed by atoms with Crippen LogP contribution in [0.2, 0.25) is 0 Å². The Kier molecular flexibility index (Phi) is 3.29. The fraction of sp³-hybridized carbons (Fsp3) is 0.909. The molecule has 98 valence electrons. The highest BCUT2D eigenvalue weighted by atomic mass is 16.7. The first kappa shape index (κ1) is 12.6. The summed E-state index contributed by atoms with van der Waals surface area (Å²) < 4.78 is 21.6. The Morgan fingerprint density at radius 2 is 2.24 bits per heavy atom. The molecule has 0 unspecified atom stereocenters. The number of rotatable bonds is 4. The zero-order valence-electron chi connectivity index (χ0n) is 10.3. The van der Waals surface area contributed by atoms with Crippen molar-refractivity contribution in [3.8, 4) is 0 Å². The molecule has 0 aliphatic carbocycles. The maximum atomic E-state index is 10.6. The minimum absolute atomic E-state index is 0.0684. The van der Waals surface area contributed by atoms with Crippen LogP contribution in [0, 0.1) is 0 Å². The first-order valence-corrected chi connectivity index (χ1v) is 5.74. The van der Waals surface area contributed by atoms with Crippen LogP contribution in [0.3, 0.4) is 0 Å². The van der Waals surface area contributed by atoms with Gasteiger partial charge in [0.1, 0.15) is 31.0 Å². The number of carbonyl (C=O) groups is 1. The second kappa shape index (κ2) is 4.44. The van der Waals surface area contributed by atoms with E-state index in [9.17, 15) is 4.79 Å². The molecular formula is C11H19NO5. The number of primary amides is 1. The summed E-state index contributed by atoms with van der Waals surface area (Å²) in [5.74, 6) is 0. The summed E-state index contributed by atoms with van der Waals surface area (Å²) in [4.78, 5) is 10.6. The topological polar surface area (TPSA) is 83.3 Å². The van der Waals surface area contributed by atoms with Crippen molar-refractivity contribution in [2.45, 2.75) is 50.8 Å². The smallest absolute Gasteiger partial charge is 0.404 e. The number of amides is 1. The second-order valence-corrected chi connectivity index (χ2v) is 5.34. The van der Waals surface area contributed by atoms with Crippen molar-refractivity contribution in [2.75, 3.05) is 13.2 Å². The number of carbonyl (C=O) groups excluding carboxylic acids is 1. The quantitative estimate of drug-likeness (QED) is 0.726. The van der Waals surface area contributed by atoms with Crippen molar-refractivity contribution in [1.82, 2.24) is 0 Å². The predicted octanol–water partition coefficient (Wildman–Crippen LogP) is 0.432. The molecule has 2 fully saturated rings. The number of ether oxygens (including phenoxy) is 4. The summed E-state index contributed by atoms with van der Waals surface area (Å²) in [5, 5.41) is 0. The minimum Gasteiger partial charge on any atom is -0.447 e. The monoisotopic (exact) mass is 245 g/mol. The lowest BCUT2D eigenvalue weighted by atomic mass is 10.1. The van der Waals surface area contributed by atoms with Crippen molar-refractivity contribution in [1.29, 1.82) is 0 Å². The van der Waals surface area contributed by atoms with Crippen molar-refractivity contribution in [3.63, 3.8) is 0 Å². The van der Waals surface area contributed by atoms with Crippen LogP contribution in [0.15, 0.2) is 0 Å². The number of nitrogens with two attached hydrogens (primary N) is 1. The normalized spacial score (nSPS) is 33.0. The van der Waals surface area contributed by atoms with Crippen LogP contribution in [0.4, 0.5) is 4.79 Å². The van der Waals surface area contributed by atoms with Gasteiger partial charge in [0.2, 0.25) is 0 Å². The van der Waals surface area contributed by atoms with Crippen molar-refractivity contribution in [3.05, 3.63) is 0 Å². The molecule has 4 atom stereocenters. The Labute approximate surface area is 100 Å². The molecule has 0 radical (unpaired) electrons. The third-order valence-electron chi connectivity index (χ3n) is 2.66. The third-order valence-corrected chi connectivity index (χ3v) is 2.66. The lowest BCUT2D eigenvalue weighted by Gasteiger charge is -2.30. The van der Waals surface area contributed by atoms with E-state index in [1.165, 1.54) is 0 Å². The summed E-state index contributed by atoms with van der Waals surface area (Å²) >= 11 is 0. The number of hydrogen-bond donors (Lipinski definition) is 1. The van der Waals surface area contributed by atoms with E-state index in [4.69, 9.17) is 24.7 Å². The highest BCUT2D eigenvalue weighted by Gasteiger charge is 2.55. The molecule has 2 aliphatic heterocycles. The molecule has 6 nitrogen and oxygen atoms in total. The first-order valence-electron chi connectivity index (χ1n) is 5.74. The second-order valence-electron chi connectivity index (χ2n) is 5.34. The van der Waals surface area contributed by atoms with Crippen LogP contribution in [-0.2, 0) is 18.9 Å². The fourth-order valence-electron chi connectivity index (χ4n) is 2.01. The van der Waals surface area contributed by atoms with Crippen molar-refractivity contribution in [2.24, 2.45) is 5.73 Å². The van der Waals surface area contributed by atoms with Crippen LogP contribution in [-0.4, -0.2) is 49.3 Å². The lowest BCUT2D eigenvalue weighted by Crippen LogP contribution is -2.43. The Bertz CT molecular complexity index is 301. The van der Waals surface area contributed by atoms with Gasteiger partial charge in [0, 0.05) is 0 Å². The molecule has 17 heavy (non-hydrogen) atoms. The molecule has 0 aromatic carbocycles. The van der Waals surface area contributed by atoms with E-state index in [2.05, 4.69) is 0 Å². The standard InChI is InChI=1S/C11H19NO5/c1-11(2,3)17-7(5-15-10(12)13)8-9-6(16-9)4-14-8/h6-9H,4-5H2,1-3H3,(H2,12,13)/t6-,7-,8+,9-/m0/s1. The van der Waals surface area contributed by atoms with Crippen molar-refractivity contribution < 1.29 is 23.7 Å². The van der Waals surface area contributed by atoms with Gasteiger partial charge in [-0.1, -0.05) is 0 Å². The summed E-state index contributed by atoms with van der Waals surface area (Å²) in [6.07, 6.45) is -1.09. The van der Waals surface area contributed by atoms with Crippen LogP contribution in [0.25, 0.3) is 0 Å². The maximum absolute atomic E-state index is 10.6. The van der Waals surface area contributed by atoms with Crippen LogP contribution >= 0.6 is 0 Å². The Morgan fingerprint density at radius 3 is 2.65 bits per heavy atom. The van der Waals surface area contributed by atoms with Gasteiger partial charge in [0.15, 0.2) is 0 Å². The highest BCUT2D eigenvalue weighted by molar-refractivity contribution is 5.64. The summed E-state index contributed by atoms with van der Waals surface area (Å²) in [5.41, 5.74) is 4.61. The largest absolute Gasteiger partial charge is 0.447 e. The molecule has 2 heterocycles. The average Bonchev–Trinajstić information content (AvgIpc) is 2.84. The van der Waals surface area contributed by atoms with Gasteiger partial charge < -0.3 is 24.7 Å². The van der Waals surface area contributed by atoms with Gasteiger partial charge in [-0.15, -0.1) is 0 Å². The number of fused-ring (bicyclic) bond motifs is 1.